The van der Waals surface area contributed by atoms with E-state index in [1.165, 1.54) is 5.56 Å². The highest BCUT2D eigenvalue weighted by Crippen LogP contribution is 2.24. The molecule has 0 saturated heterocycles. The van der Waals surface area contributed by atoms with E-state index >= 15 is 0 Å². The van der Waals surface area contributed by atoms with Crippen LogP contribution in [0.3, 0.4) is 0 Å². The van der Waals surface area contributed by atoms with Gasteiger partial charge in [0.05, 0.1) is 11.6 Å². The van der Waals surface area contributed by atoms with Gasteiger partial charge in [0.2, 0.25) is 0 Å². The second kappa shape index (κ2) is 6.59. The van der Waals surface area contributed by atoms with Crippen molar-refractivity contribution in [1.82, 2.24) is 5.32 Å². The Labute approximate surface area is 121 Å². The quantitative estimate of drug-likeness (QED) is 0.886. The molecule has 2 aromatic carbocycles. The molecule has 0 heterocycles. The number of aromatic hydroxyl groups is 1. The number of halogens is 1. The Morgan fingerprint density at radius 3 is 2.53 bits per heavy atom. The van der Waals surface area contributed by atoms with Crippen molar-refractivity contribution in [2.75, 3.05) is 7.11 Å². The predicted octanol–water partition coefficient (Wildman–Crippen LogP) is 3.45. The van der Waals surface area contributed by atoms with Crippen molar-refractivity contribution in [3.8, 4) is 11.5 Å². The van der Waals surface area contributed by atoms with Crippen molar-refractivity contribution in [2.45, 2.75) is 13.1 Å². The second-order valence-electron chi connectivity index (χ2n) is 4.24. The number of nitrogens with one attached hydrogen (secondary N) is 1. The Kier molecular flexibility index (Phi) is 4.82. The van der Waals surface area contributed by atoms with E-state index in [9.17, 15) is 5.11 Å². The van der Waals surface area contributed by atoms with Crippen molar-refractivity contribution < 1.29 is 9.84 Å². The maximum absolute atomic E-state index is 9.42. The van der Waals surface area contributed by atoms with Crippen LogP contribution in [0.15, 0.2) is 46.9 Å². The van der Waals surface area contributed by atoms with Gasteiger partial charge in [-0.05, 0) is 51.3 Å². The molecule has 0 aliphatic carbocycles. The van der Waals surface area contributed by atoms with Gasteiger partial charge in [-0.1, -0.05) is 18.2 Å². The fraction of sp³-hybridized carbons (Fsp3) is 0.200. The lowest BCUT2D eigenvalue weighted by molar-refractivity contribution is 0.414. The average molecular weight is 322 g/mol. The maximum atomic E-state index is 9.42. The summed E-state index contributed by atoms with van der Waals surface area (Å²) in [6, 6.07) is 13.5. The highest BCUT2D eigenvalue weighted by Gasteiger charge is 2.00. The van der Waals surface area contributed by atoms with Crippen molar-refractivity contribution in [3.05, 3.63) is 58.1 Å². The SMILES string of the molecule is COc1cccc(CNCc2ccc(O)c(Br)c2)c1. The molecule has 2 aromatic rings. The molecule has 0 fully saturated rings. The minimum absolute atomic E-state index is 0.261. The van der Waals surface area contributed by atoms with Gasteiger partial charge < -0.3 is 15.2 Å². The number of hydrogen-bond donors (Lipinski definition) is 2. The predicted molar refractivity (Wildman–Crippen MR) is 79.3 cm³/mol. The number of ether oxygens (including phenoxy) is 1. The first-order valence-corrected chi connectivity index (χ1v) is 6.79. The number of phenolic OH excluding ortho intramolecular Hbond substituents is 1. The summed E-state index contributed by atoms with van der Waals surface area (Å²) < 4.78 is 5.90. The van der Waals surface area contributed by atoms with Crippen molar-refractivity contribution >= 4 is 15.9 Å². The van der Waals surface area contributed by atoms with Crippen LogP contribution in [0.1, 0.15) is 11.1 Å². The minimum atomic E-state index is 0.261. The lowest BCUT2D eigenvalue weighted by atomic mass is 10.2. The fourth-order valence-electron chi connectivity index (χ4n) is 1.79. The van der Waals surface area contributed by atoms with Crippen molar-refractivity contribution in [1.29, 1.82) is 0 Å². The molecule has 0 bridgehead atoms. The van der Waals surface area contributed by atoms with Crippen LogP contribution < -0.4 is 10.1 Å². The molecule has 0 unspecified atom stereocenters. The molecule has 19 heavy (non-hydrogen) atoms. The van der Waals surface area contributed by atoms with Gasteiger partial charge in [0.1, 0.15) is 11.5 Å². The van der Waals surface area contributed by atoms with E-state index in [1.54, 1.807) is 13.2 Å². The highest BCUT2D eigenvalue weighted by molar-refractivity contribution is 9.10. The number of hydrogen-bond acceptors (Lipinski definition) is 3. The van der Waals surface area contributed by atoms with E-state index in [1.807, 2.05) is 30.3 Å². The van der Waals surface area contributed by atoms with Gasteiger partial charge in [0, 0.05) is 13.1 Å². The molecular formula is C15H16BrNO2. The van der Waals surface area contributed by atoms with E-state index < -0.39 is 0 Å². The van der Waals surface area contributed by atoms with Crippen LogP contribution in [0.2, 0.25) is 0 Å². The monoisotopic (exact) mass is 321 g/mol. The van der Waals surface area contributed by atoms with Gasteiger partial charge in [-0.15, -0.1) is 0 Å². The first kappa shape index (κ1) is 13.9. The smallest absolute Gasteiger partial charge is 0.129 e. The Morgan fingerprint density at radius 1 is 1.11 bits per heavy atom. The van der Waals surface area contributed by atoms with Crippen LogP contribution in [0.5, 0.6) is 11.5 Å². The molecule has 0 atom stereocenters. The average Bonchev–Trinajstić information content (AvgIpc) is 2.43. The molecule has 100 valence electrons. The third-order valence-electron chi connectivity index (χ3n) is 2.80. The third kappa shape index (κ3) is 3.98. The Balaban J connectivity index is 1.90. The summed E-state index contributed by atoms with van der Waals surface area (Å²) in [5.41, 5.74) is 2.30. The van der Waals surface area contributed by atoms with Crippen LogP contribution in [-0.2, 0) is 13.1 Å². The van der Waals surface area contributed by atoms with Crippen LogP contribution in [-0.4, -0.2) is 12.2 Å². The van der Waals surface area contributed by atoms with Gasteiger partial charge >= 0.3 is 0 Å². The molecule has 0 aliphatic heterocycles. The number of rotatable bonds is 5. The molecule has 0 radical (unpaired) electrons. The molecule has 0 amide bonds. The Bertz CT molecular complexity index is 558. The van der Waals surface area contributed by atoms with Gasteiger partial charge in [-0.25, -0.2) is 0 Å². The zero-order chi connectivity index (χ0) is 13.7. The van der Waals surface area contributed by atoms with Gasteiger partial charge in [0.15, 0.2) is 0 Å². The molecule has 0 spiro atoms. The summed E-state index contributed by atoms with van der Waals surface area (Å²) >= 11 is 3.31. The minimum Gasteiger partial charge on any atom is -0.507 e. The first-order chi connectivity index (χ1) is 9.19. The molecule has 2 N–H and O–H groups in total. The van der Waals surface area contributed by atoms with E-state index in [2.05, 4.69) is 27.3 Å². The largest absolute Gasteiger partial charge is 0.507 e. The van der Waals surface area contributed by atoms with E-state index in [-0.39, 0.29) is 5.75 Å². The molecular weight excluding hydrogens is 306 g/mol. The Morgan fingerprint density at radius 2 is 1.84 bits per heavy atom. The normalized spacial score (nSPS) is 10.4. The fourth-order valence-corrected chi connectivity index (χ4v) is 2.22. The maximum Gasteiger partial charge on any atom is 0.129 e. The second-order valence-corrected chi connectivity index (χ2v) is 5.10. The lowest BCUT2D eigenvalue weighted by Crippen LogP contribution is -2.12. The van der Waals surface area contributed by atoms with Crippen LogP contribution in [0.25, 0.3) is 0 Å². The number of benzene rings is 2. The van der Waals surface area contributed by atoms with Crippen molar-refractivity contribution in [2.24, 2.45) is 0 Å². The summed E-state index contributed by atoms with van der Waals surface area (Å²) in [7, 11) is 1.67. The van der Waals surface area contributed by atoms with Crippen LogP contribution >= 0.6 is 15.9 Å². The standard InChI is InChI=1S/C15H16BrNO2/c1-19-13-4-2-3-11(7-13)9-17-10-12-5-6-15(18)14(16)8-12/h2-8,17-18H,9-10H2,1H3. The van der Waals surface area contributed by atoms with E-state index in [0.717, 1.165) is 24.4 Å². The molecule has 2 rings (SSSR count). The highest BCUT2D eigenvalue weighted by atomic mass is 79.9. The topological polar surface area (TPSA) is 41.5 Å². The summed E-state index contributed by atoms with van der Waals surface area (Å²) in [5.74, 6) is 1.13. The summed E-state index contributed by atoms with van der Waals surface area (Å²) in [6.07, 6.45) is 0. The van der Waals surface area contributed by atoms with Gasteiger partial charge in [-0.2, -0.15) is 0 Å². The summed E-state index contributed by atoms with van der Waals surface area (Å²) in [6.45, 7) is 1.52. The zero-order valence-electron chi connectivity index (χ0n) is 10.7. The van der Waals surface area contributed by atoms with Gasteiger partial charge in [-0.3, -0.25) is 0 Å². The van der Waals surface area contributed by atoms with Gasteiger partial charge in [0.25, 0.3) is 0 Å². The number of methoxy groups -OCH3 is 1. The molecule has 0 aliphatic rings. The molecule has 0 aromatic heterocycles. The van der Waals surface area contributed by atoms with E-state index in [0.29, 0.717) is 4.47 Å². The van der Waals surface area contributed by atoms with Crippen LogP contribution in [0, 0.1) is 0 Å². The van der Waals surface area contributed by atoms with E-state index in [4.69, 9.17) is 4.74 Å². The molecule has 3 nitrogen and oxygen atoms in total. The Hall–Kier alpha value is -1.52. The lowest BCUT2D eigenvalue weighted by Gasteiger charge is -2.07. The van der Waals surface area contributed by atoms with Crippen molar-refractivity contribution in [3.63, 3.8) is 0 Å². The molecule has 0 saturated carbocycles. The molecule has 4 heteroatoms. The zero-order valence-corrected chi connectivity index (χ0v) is 12.3. The summed E-state index contributed by atoms with van der Waals surface area (Å²) in [4.78, 5) is 0. The summed E-state index contributed by atoms with van der Waals surface area (Å²) in [5, 5.41) is 12.8. The third-order valence-corrected chi connectivity index (χ3v) is 3.44. The van der Waals surface area contributed by atoms with Crippen LogP contribution in [0.4, 0.5) is 0 Å². The first-order valence-electron chi connectivity index (χ1n) is 6.00. The number of phenols is 1.